The molecular formula is C9H21O4P. The van der Waals surface area contributed by atoms with Crippen LogP contribution in [0.15, 0.2) is 0 Å². The van der Waals surface area contributed by atoms with Crippen LogP contribution in [0.2, 0.25) is 0 Å². The van der Waals surface area contributed by atoms with Crippen molar-refractivity contribution in [1.29, 1.82) is 0 Å². The van der Waals surface area contributed by atoms with E-state index in [1.165, 1.54) is 0 Å². The first-order valence-corrected chi connectivity index (χ1v) is 6.56. The van der Waals surface area contributed by atoms with Gasteiger partial charge in [-0.1, -0.05) is 32.6 Å². The minimum absolute atomic E-state index is 0.679. The lowest BCUT2D eigenvalue weighted by Gasteiger charge is -2.25. The predicted molar refractivity (Wildman–Crippen MR) is 56.0 cm³/mol. The minimum atomic E-state index is -4.34. The Labute approximate surface area is 85.9 Å². The average molecular weight is 224 g/mol. The number of phosphoric acid groups is 1. The van der Waals surface area contributed by atoms with Crippen molar-refractivity contribution in [3.8, 4) is 0 Å². The van der Waals surface area contributed by atoms with Crippen LogP contribution >= 0.6 is 7.82 Å². The van der Waals surface area contributed by atoms with Gasteiger partial charge in [-0.3, -0.25) is 4.52 Å². The summed E-state index contributed by atoms with van der Waals surface area (Å²) < 4.78 is 15.3. The third kappa shape index (κ3) is 8.70. The van der Waals surface area contributed by atoms with Crippen molar-refractivity contribution in [2.75, 3.05) is 0 Å². The summed E-state index contributed by atoms with van der Waals surface area (Å²) in [6.45, 7) is 5.54. The zero-order valence-corrected chi connectivity index (χ0v) is 10.1. The second kappa shape index (κ2) is 5.86. The lowest BCUT2D eigenvalue weighted by Crippen LogP contribution is -2.22. The maximum absolute atomic E-state index is 10.6. The van der Waals surface area contributed by atoms with Crippen molar-refractivity contribution in [3.05, 3.63) is 0 Å². The van der Waals surface area contributed by atoms with Crippen LogP contribution in [-0.4, -0.2) is 15.4 Å². The highest BCUT2D eigenvalue weighted by atomic mass is 31.2. The van der Waals surface area contributed by atoms with Gasteiger partial charge in [0.15, 0.2) is 0 Å². The SMILES string of the molecule is CCCCCCC(C)(C)OP(=O)(O)O. The number of rotatable bonds is 7. The molecule has 0 aromatic carbocycles. The Morgan fingerprint density at radius 3 is 2.21 bits per heavy atom. The van der Waals surface area contributed by atoms with Crippen LogP contribution in [0.25, 0.3) is 0 Å². The van der Waals surface area contributed by atoms with Gasteiger partial charge in [-0.2, -0.15) is 0 Å². The Balaban J connectivity index is 3.78. The molecular weight excluding hydrogens is 203 g/mol. The monoisotopic (exact) mass is 224 g/mol. The van der Waals surface area contributed by atoms with Gasteiger partial charge in [0.05, 0.1) is 5.60 Å². The van der Waals surface area contributed by atoms with Crippen molar-refractivity contribution in [2.45, 2.75) is 58.5 Å². The van der Waals surface area contributed by atoms with Gasteiger partial charge in [0.2, 0.25) is 0 Å². The maximum Gasteiger partial charge on any atom is 0.470 e. The quantitative estimate of drug-likeness (QED) is 0.515. The average Bonchev–Trinajstić information content (AvgIpc) is 1.93. The third-order valence-corrected chi connectivity index (χ3v) is 2.73. The van der Waals surface area contributed by atoms with Gasteiger partial charge >= 0.3 is 7.82 Å². The lowest BCUT2D eigenvalue weighted by atomic mass is 10.0. The highest BCUT2D eigenvalue weighted by molar-refractivity contribution is 7.46. The minimum Gasteiger partial charge on any atom is -0.303 e. The fraction of sp³-hybridized carbons (Fsp3) is 1.00. The van der Waals surface area contributed by atoms with E-state index < -0.39 is 13.4 Å². The molecule has 0 unspecified atom stereocenters. The van der Waals surface area contributed by atoms with Gasteiger partial charge in [0, 0.05) is 0 Å². The molecule has 0 aliphatic heterocycles. The molecule has 0 aliphatic rings. The summed E-state index contributed by atoms with van der Waals surface area (Å²) in [5.41, 5.74) is -0.729. The molecule has 0 radical (unpaired) electrons. The molecule has 4 nitrogen and oxygen atoms in total. The van der Waals surface area contributed by atoms with Gasteiger partial charge in [0.25, 0.3) is 0 Å². The fourth-order valence-electron chi connectivity index (χ4n) is 1.35. The molecule has 0 bridgehead atoms. The maximum atomic E-state index is 10.6. The molecule has 86 valence electrons. The van der Waals surface area contributed by atoms with Crippen LogP contribution < -0.4 is 0 Å². The van der Waals surface area contributed by atoms with Crippen LogP contribution in [0, 0.1) is 0 Å². The fourth-order valence-corrected chi connectivity index (χ4v) is 2.08. The van der Waals surface area contributed by atoms with Crippen molar-refractivity contribution in [2.24, 2.45) is 0 Å². The summed E-state index contributed by atoms with van der Waals surface area (Å²) in [6, 6.07) is 0. The summed E-state index contributed by atoms with van der Waals surface area (Å²) in [6.07, 6.45) is 5.02. The lowest BCUT2D eigenvalue weighted by molar-refractivity contribution is 0.0557. The van der Waals surface area contributed by atoms with Gasteiger partial charge in [-0.05, 0) is 20.3 Å². The van der Waals surface area contributed by atoms with E-state index in [2.05, 4.69) is 11.4 Å². The third-order valence-electron chi connectivity index (χ3n) is 2.00. The highest BCUT2D eigenvalue weighted by Crippen LogP contribution is 2.42. The first kappa shape index (κ1) is 14.1. The van der Waals surface area contributed by atoms with Crippen LogP contribution in [-0.2, 0) is 9.09 Å². The zero-order valence-electron chi connectivity index (χ0n) is 9.19. The van der Waals surface area contributed by atoms with Crippen LogP contribution in [0.3, 0.4) is 0 Å². The standard InChI is InChI=1S/C9H21O4P/c1-4-5-6-7-8-9(2,3)13-14(10,11)12/h4-8H2,1-3H3,(H2,10,11,12). The molecule has 0 saturated carbocycles. The molecule has 0 rings (SSSR count). The normalized spacial score (nSPS) is 13.2. The number of unbranched alkanes of at least 4 members (excludes halogenated alkanes) is 3. The Kier molecular flexibility index (Phi) is 5.91. The van der Waals surface area contributed by atoms with E-state index in [0.717, 1.165) is 25.7 Å². The molecule has 2 N–H and O–H groups in total. The smallest absolute Gasteiger partial charge is 0.303 e. The predicted octanol–water partition coefficient (Wildman–Crippen LogP) is 2.84. The Hall–Kier alpha value is 0.110. The topological polar surface area (TPSA) is 66.8 Å². The van der Waals surface area contributed by atoms with E-state index in [0.29, 0.717) is 6.42 Å². The Morgan fingerprint density at radius 1 is 1.21 bits per heavy atom. The van der Waals surface area contributed by atoms with E-state index in [1.807, 2.05) is 0 Å². The van der Waals surface area contributed by atoms with Gasteiger partial charge in [-0.15, -0.1) is 0 Å². The second-order valence-electron chi connectivity index (χ2n) is 4.15. The zero-order chi connectivity index (χ0) is 11.2. The van der Waals surface area contributed by atoms with Crippen LogP contribution in [0.5, 0.6) is 0 Å². The first-order chi connectivity index (χ1) is 6.27. The van der Waals surface area contributed by atoms with Crippen molar-refractivity contribution >= 4 is 7.82 Å². The number of hydrogen-bond acceptors (Lipinski definition) is 2. The molecule has 0 aliphatic carbocycles. The molecule has 5 heteroatoms. The summed E-state index contributed by atoms with van der Waals surface area (Å²) >= 11 is 0. The van der Waals surface area contributed by atoms with Gasteiger partial charge in [0.1, 0.15) is 0 Å². The van der Waals surface area contributed by atoms with E-state index in [-0.39, 0.29) is 0 Å². The Morgan fingerprint density at radius 2 is 1.79 bits per heavy atom. The van der Waals surface area contributed by atoms with Crippen molar-refractivity contribution in [1.82, 2.24) is 0 Å². The molecule has 14 heavy (non-hydrogen) atoms. The summed E-state index contributed by atoms with van der Waals surface area (Å²) in [5.74, 6) is 0. The molecule has 0 heterocycles. The largest absolute Gasteiger partial charge is 0.470 e. The molecule has 0 amide bonds. The molecule has 0 spiro atoms. The van der Waals surface area contributed by atoms with E-state index in [9.17, 15) is 4.57 Å². The molecule has 0 aromatic rings. The van der Waals surface area contributed by atoms with E-state index in [4.69, 9.17) is 9.79 Å². The van der Waals surface area contributed by atoms with Gasteiger partial charge < -0.3 is 9.79 Å². The van der Waals surface area contributed by atoms with E-state index >= 15 is 0 Å². The van der Waals surface area contributed by atoms with Crippen LogP contribution in [0.4, 0.5) is 0 Å². The molecule has 0 aromatic heterocycles. The number of hydrogen-bond donors (Lipinski definition) is 2. The molecule has 0 atom stereocenters. The van der Waals surface area contributed by atoms with Crippen molar-refractivity contribution in [3.63, 3.8) is 0 Å². The van der Waals surface area contributed by atoms with E-state index in [1.54, 1.807) is 13.8 Å². The van der Waals surface area contributed by atoms with Gasteiger partial charge in [-0.25, -0.2) is 4.57 Å². The summed E-state index contributed by atoms with van der Waals surface area (Å²) in [7, 11) is -4.34. The Bertz CT molecular complexity index is 197. The molecule has 0 saturated heterocycles. The number of phosphoric ester groups is 1. The van der Waals surface area contributed by atoms with Crippen molar-refractivity contribution < 1.29 is 18.9 Å². The second-order valence-corrected chi connectivity index (χ2v) is 5.32. The summed E-state index contributed by atoms with van der Waals surface area (Å²) in [5, 5.41) is 0. The first-order valence-electron chi connectivity index (χ1n) is 5.03. The summed E-state index contributed by atoms with van der Waals surface area (Å²) in [4.78, 5) is 17.3. The highest BCUT2D eigenvalue weighted by Gasteiger charge is 2.28. The van der Waals surface area contributed by atoms with Crippen LogP contribution in [0.1, 0.15) is 52.9 Å². The molecule has 0 fully saturated rings.